The average Bonchev–Trinajstić information content (AvgIpc) is 2.91. The highest BCUT2D eigenvalue weighted by molar-refractivity contribution is 7.20. The largest absolute Gasteiger partial charge is 0.462 e. The van der Waals surface area contributed by atoms with Crippen LogP contribution in [0.4, 0.5) is 8.78 Å². The van der Waals surface area contributed by atoms with E-state index in [0.717, 1.165) is 28.0 Å². The van der Waals surface area contributed by atoms with Gasteiger partial charge in [-0.3, -0.25) is 9.36 Å². The molecule has 0 aliphatic carbocycles. The van der Waals surface area contributed by atoms with Gasteiger partial charge in [-0.2, -0.15) is 0 Å². The molecule has 1 aromatic carbocycles. The Balaban J connectivity index is 2.10. The van der Waals surface area contributed by atoms with Gasteiger partial charge in [0.25, 0.3) is 5.56 Å². The monoisotopic (exact) mass is 364 g/mol. The molecule has 2 heterocycles. The van der Waals surface area contributed by atoms with Crippen LogP contribution in [-0.2, 0) is 11.3 Å². The van der Waals surface area contributed by atoms with Gasteiger partial charge >= 0.3 is 5.97 Å². The van der Waals surface area contributed by atoms with E-state index in [1.165, 1.54) is 12.4 Å². The predicted molar refractivity (Wildman–Crippen MR) is 90.0 cm³/mol. The Morgan fingerprint density at radius 2 is 2.00 bits per heavy atom. The van der Waals surface area contributed by atoms with Gasteiger partial charge in [0.05, 0.1) is 24.9 Å². The molecule has 0 N–H and O–H groups in total. The molecule has 0 bridgehead atoms. The predicted octanol–water partition coefficient (Wildman–Crippen LogP) is 3.27. The maximum Gasteiger partial charge on any atom is 0.348 e. The Bertz CT molecular complexity index is 1010. The Kier molecular flexibility index (Phi) is 4.63. The summed E-state index contributed by atoms with van der Waals surface area (Å²) in [6.45, 7) is 3.25. The summed E-state index contributed by atoms with van der Waals surface area (Å²) in [6.07, 6.45) is 1.22. The van der Waals surface area contributed by atoms with Crippen molar-refractivity contribution < 1.29 is 18.3 Å². The van der Waals surface area contributed by atoms with Crippen molar-refractivity contribution in [2.24, 2.45) is 0 Å². The molecule has 0 saturated heterocycles. The number of hydrogen-bond acceptors (Lipinski definition) is 5. The third kappa shape index (κ3) is 3.05. The van der Waals surface area contributed by atoms with Crippen LogP contribution in [-0.4, -0.2) is 22.1 Å². The maximum atomic E-state index is 13.8. The first-order valence-electron chi connectivity index (χ1n) is 7.52. The number of rotatable bonds is 4. The number of benzene rings is 1. The van der Waals surface area contributed by atoms with Gasteiger partial charge in [0.2, 0.25) is 0 Å². The number of aromatic nitrogens is 2. The van der Waals surface area contributed by atoms with Crippen molar-refractivity contribution in [2.75, 3.05) is 6.61 Å². The first-order chi connectivity index (χ1) is 11.9. The number of fused-ring (bicyclic) bond motifs is 1. The lowest BCUT2D eigenvalue weighted by molar-refractivity contribution is 0.0531. The van der Waals surface area contributed by atoms with E-state index in [0.29, 0.717) is 15.3 Å². The van der Waals surface area contributed by atoms with Gasteiger partial charge in [-0.1, -0.05) is 6.07 Å². The molecule has 0 saturated carbocycles. The van der Waals surface area contributed by atoms with Crippen LogP contribution in [0, 0.1) is 18.6 Å². The smallest absolute Gasteiger partial charge is 0.348 e. The fraction of sp³-hybridized carbons (Fsp3) is 0.235. The van der Waals surface area contributed by atoms with Crippen LogP contribution in [0.15, 0.2) is 29.3 Å². The molecule has 0 fully saturated rings. The number of esters is 1. The Labute approximate surface area is 145 Å². The summed E-state index contributed by atoms with van der Waals surface area (Å²) in [5.41, 5.74) is -0.222. The van der Waals surface area contributed by atoms with Crippen molar-refractivity contribution >= 4 is 27.5 Å². The number of hydrogen-bond donors (Lipinski definition) is 0. The van der Waals surface area contributed by atoms with Crippen molar-refractivity contribution in [1.29, 1.82) is 0 Å². The van der Waals surface area contributed by atoms with Crippen LogP contribution in [0.1, 0.15) is 27.7 Å². The minimum atomic E-state index is -0.735. The van der Waals surface area contributed by atoms with Crippen LogP contribution in [0.25, 0.3) is 10.2 Å². The summed E-state index contributed by atoms with van der Waals surface area (Å²) in [4.78, 5) is 29.5. The number of carbonyl (C=O) groups is 1. The van der Waals surface area contributed by atoms with E-state index in [-0.39, 0.29) is 24.1 Å². The molecule has 25 heavy (non-hydrogen) atoms. The molecule has 0 radical (unpaired) electrons. The summed E-state index contributed by atoms with van der Waals surface area (Å²) < 4.78 is 33.7. The van der Waals surface area contributed by atoms with Crippen molar-refractivity contribution in [2.45, 2.75) is 20.4 Å². The van der Waals surface area contributed by atoms with Crippen LogP contribution >= 0.6 is 11.3 Å². The molecule has 130 valence electrons. The standard InChI is InChI=1S/C17H14F2N2O3S/c1-3-24-17(23)14-9(2)13-15(25-14)20-8-21(16(13)22)7-10-11(18)5-4-6-12(10)19/h4-6,8H,3,7H2,1-2H3. The highest BCUT2D eigenvalue weighted by Gasteiger charge is 2.21. The van der Waals surface area contributed by atoms with E-state index in [1.807, 2.05) is 0 Å². The Morgan fingerprint density at radius 3 is 2.64 bits per heavy atom. The van der Waals surface area contributed by atoms with Crippen LogP contribution in [0.2, 0.25) is 0 Å². The molecule has 0 aliphatic heterocycles. The van der Waals surface area contributed by atoms with Crippen molar-refractivity contribution in [1.82, 2.24) is 9.55 Å². The van der Waals surface area contributed by atoms with E-state index in [2.05, 4.69) is 4.98 Å². The zero-order chi connectivity index (χ0) is 18.1. The van der Waals surface area contributed by atoms with Gasteiger partial charge < -0.3 is 4.74 Å². The lowest BCUT2D eigenvalue weighted by Gasteiger charge is -2.07. The number of carbonyl (C=O) groups excluding carboxylic acids is 1. The molecule has 0 atom stereocenters. The molecule has 0 unspecified atom stereocenters. The Morgan fingerprint density at radius 1 is 1.32 bits per heavy atom. The molecule has 8 heteroatoms. The molecule has 0 amide bonds. The number of nitrogens with zero attached hydrogens (tertiary/aromatic N) is 2. The minimum Gasteiger partial charge on any atom is -0.462 e. The van der Waals surface area contributed by atoms with Crippen molar-refractivity contribution in [3.63, 3.8) is 0 Å². The lowest BCUT2D eigenvalue weighted by atomic mass is 10.2. The quantitative estimate of drug-likeness (QED) is 0.667. The van der Waals surface area contributed by atoms with Crippen LogP contribution in [0.3, 0.4) is 0 Å². The molecule has 0 spiro atoms. The third-order valence-corrected chi connectivity index (χ3v) is 4.95. The van der Waals surface area contributed by atoms with E-state index in [4.69, 9.17) is 4.74 Å². The lowest BCUT2D eigenvalue weighted by Crippen LogP contribution is -2.22. The second kappa shape index (κ2) is 6.72. The maximum absolute atomic E-state index is 13.8. The van der Waals surface area contributed by atoms with E-state index >= 15 is 0 Å². The van der Waals surface area contributed by atoms with E-state index in [1.54, 1.807) is 13.8 Å². The van der Waals surface area contributed by atoms with Crippen molar-refractivity contribution in [3.05, 3.63) is 62.5 Å². The van der Waals surface area contributed by atoms with E-state index in [9.17, 15) is 18.4 Å². The highest BCUT2D eigenvalue weighted by atomic mass is 32.1. The summed E-state index contributed by atoms with van der Waals surface area (Å²) in [5.74, 6) is -1.99. The minimum absolute atomic E-state index is 0.218. The number of thiophene rings is 1. The summed E-state index contributed by atoms with van der Waals surface area (Å²) in [7, 11) is 0. The Hall–Kier alpha value is -2.61. The van der Waals surface area contributed by atoms with Gasteiger partial charge in [0.1, 0.15) is 21.3 Å². The second-order valence-corrected chi connectivity index (χ2v) is 6.33. The summed E-state index contributed by atoms with van der Waals surface area (Å²) >= 11 is 1.06. The molecule has 3 aromatic rings. The van der Waals surface area contributed by atoms with Gasteiger partial charge in [-0.05, 0) is 31.5 Å². The SMILES string of the molecule is CCOC(=O)c1sc2ncn(Cc3c(F)cccc3F)c(=O)c2c1C. The van der Waals surface area contributed by atoms with E-state index < -0.39 is 23.2 Å². The van der Waals surface area contributed by atoms with Crippen LogP contribution in [0.5, 0.6) is 0 Å². The molecule has 0 aliphatic rings. The fourth-order valence-electron chi connectivity index (χ4n) is 2.52. The molecule has 5 nitrogen and oxygen atoms in total. The molecular formula is C17H14F2N2O3S. The zero-order valence-corrected chi connectivity index (χ0v) is 14.3. The van der Waals surface area contributed by atoms with Crippen LogP contribution < -0.4 is 5.56 Å². The zero-order valence-electron chi connectivity index (χ0n) is 13.5. The van der Waals surface area contributed by atoms with Gasteiger partial charge in [-0.25, -0.2) is 18.6 Å². The van der Waals surface area contributed by atoms with Gasteiger partial charge in [0.15, 0.2) is 0 Å². The summed E-state index contributed by atoms with van der Waals surface area (Å²) in [6, 6.07) is 3.52. The summed E-state index contributed by atoms with van der Waals surface area (Å²) in [5, 5.41) is 0.257. The number of halogens is 2. The number of aryl methyl sites for hydroxylation is 1. The normalized spacial score (nSPS) is 11.0. The molecule has 3 rings (SSSR count). The molecule has 2 aromatic heterocycles. The fourth-order valence-corrected chi connectivity index (χ4v) is 3.55. The van der Waals surface area contributed by atoms with Crippen molar-refractivity contribution in [3.8, 4) is 0 Å². The van der Waals surface area contributed by atoms with Gasteiger partial charge in [0, 0.05) is 5.56 Å². The first-order valence-corrected chi connectivity index (χ1v) is 8.34. The number of ether oxygens (including phenoxy) is 1. The first kappa shape index (κ1) is 17.2. The third-order valence-electron chi connectivity index (χ3n) is 3.77. The molecular weight excluding hydrogens is 350 g/mol. The van der Waals surface area contributed by atoms with Gasteiger partial charge in [-0.15, -0.1) is 11.3 Å². The highest BCUT2D eigenvalue weighted by Crippen LogP contribution is 2.27. The average molecular weight is 364 g/mol. The topological polar surface area (TPSA) is 61.2 Å². The second-order valence-electron chi connectivity index (χ2n) is 5.33.